The van der Waals surface area contributed by atoms with Gasteiger partial charge in [-0.25, -0.2) is 15.0 Å². The number of hydrazine groups is 1. The zero-order valence-electron chi connectivity index (χ0n) is 16.3. The Hall–Kier alpha value is -2.39. The number of aromatic nitrogens is 3. The summed E-state index contributed by atoms with van der Waals surface area (Å²) in [5.74, 6) is 2.49. The lowest BCUT2D eigenvalue weighted by Crippen LogP contribution is -2.46. The SMILES string of the molecule is Cn1c(-c2csc(/N=C3\CSC(=NC4CCCCC4)NN3)n2)nc2ccccc21. The van der Waals surface area contributed by atoms with Crippen molar-refractivity contribution in [1.29, 1.82) is 0 Å². The molecule has 7 nitrogen and oxygen atoms in total. The van der Waals surface area contributed by atoms with Crippen LogP contribution in [0.25, 0.3) is 22.6 Å². The second-order valence-corrected chi connectivity index (χ2v) is 9.12. The second kappa shape index (κ2) is 8.16. The number of aliphatic imine (C=N–C) groups is 2. The molecule has 0 amide bonds. The predicted octanol–water partition coefficient (Wildman–Crippen LogP) is 4.26. The van der Waals surface area contributed by atoms with Gasteiger partial charge < -0.3 is 4.57 Å². The summed E-state index contributed by atoms with van der Waals surface area (Å²) in [7, 11) is 2.02. The highest BCUT2D eigenvalue weighted by atomic mass is 32.2. The minimum atomic E-state index is 0.467. The van der Waals surface area contributed by atoms with Crippen molar-refractivity contribution in [2.75, 3.05) is 5.75 Å². The first-order chi connectivity index (χ1) is 14.3. The van der Waals surface area contributed by atoms with Crippen LogP contribution in [-0.2, 0) is 7.05 Å². The maximum absolute atomic E-state index is 4.84. The monoisotopic (exact) mass is 425 g/mol. The van der Waals surface area contributed by atoms with Crippen LogP contribution in [-0.4, -0.2) is 37.3 Å². The van der Waals surface area contributed by atoms with Crippen LogP contribution in [0.2, 0.25) is 0 Å². The highest BCUT2D eigenvalue weighted by molar-refractivity contribution is 8.14. The molecule has 3 aromatic rings. The van der Waals surface area contributed by atoms with E-state index in [1.165, 1.54) is 43.4 Å². The minimum absolute atomic E-state index is 0.467. The molecule has 3 heterocycles. The Morgan fingerprint density at radius 2 is 1.97 bits per heavy atom. The fourth-order valence-electron chi connectivity index (χ4n) is 3.75. The van der Waals surface area contributed by atoms with E-state index >= 15 is 0 Å². The topological polar surface area (TPSA) is 79.5 Å². The quantitative estimate of drug-likeness (QED) is 0.656. The van der Waals surface area contributed by atoms with Crippen molar-refractivity contribution < 1.29 is 0 Å². The van der Waals surface area contributed by atoms with E-state index < -0.39 is 0 Å². The normalized spacial score (nSPS) is 20.9. The Morgan fingerprint density at radius 3 is 2.76 bits per heavy atom. The van der Waals surface area contributed by atoms with Gasteiger partial charge in [0.25, 0.3) is 0 Å². The highest BCUT2D eigenvalue weighted by Crippen LogP contribution is 2.29. The third-order valence-corrected chi connectivity index (χ3v) is 6.91. The van der Waals surface area contributed by atoms with E-state index in [1.54, 1.807) is 11.8 Å². The van der Waals surface area contributed by atoms with Gasteiger partial charge in [0, 0.05) is 12.4 Å². The lowest BCUT2D eigenvalue weighted by molar-refractivity contribution is 0.443. The first kappa shape index (κ1) is 18.6. The zero-order valence-corrected chi connectivity index (χ0v) is 17.9. The molecule has 0 bridgehead atoms. The number of amidine groups is 2. The van der Waals surface area contributed by atoms with Gasteiger partial charge in [0.2, 0.25) is 5.13 Å². The maximum Gasteiger partial charge on any atom is 0.211 e. The van der Waals surface area contributed by atoms with Crippen LogP contribution in [0.1, 0.15) is 32.1 Å². The third-order valence-electron chi connectivity index (χ3n) is 5.27. The molecule has 9 heteroatoms. The molecule has 0 radical (unpaired) electrons. The number of hydrogen-bond acceptors (Lipinski definition) is 6. The first-order valence-corrected chi connectivity index (χ1v) is 11.8. The average molecular weight is 426 g/mol. The number of para-hydroxylation sites is 2. The largest absolute Gasteiger partial charge is 0.326 e. The highest BCUT2D eigenvalue weighted by Gasteiger charge is 2.18. The number of nitrogens with one attached hydrogen (secondary N) is 2. The maximum atomic E-state index is 4.84. The molecule has 150 valence electrons. The number of hydrogen-bond donors (Lipinski definition) is 2. The van der Waals surface area contributed by atoms with Crippen LogP contribution >= 0.6 is 23.1 Å². The number of benzene rings is 1. The summed E-state index contributed by atoms with van der Waals surface area (Å²) >= 11 is 3.23. The molecule has 1 saturated heterocycles. The lowest BCUT2D eigenvalue weighted by atomic mass is 9.96. The standard InChI is InChI=1S/C20H23N7S2/c1-27-16-10-6-5-9-14(16)22-18(27)15-11-28-19(23-15)24-17-12-29-20(26-25-17)21-13-7-3-2-4-8-13/h5-6,9-11,13H,2-4,7-8,12H2,1H3,(H,21,26)(H,23,24,25). The first-order valence-electron chi connectivity index (χ1n) is 9.94. The number of rotatable bonds is 3. The molecule has 0 unspecified atom stereocenters. The number of thioether (sulfide) groups is 1. The zero-order chi connectivity index (χ0) is 19.6. The van der Waals surface area contributed by atoms with Crippen molar-refractivity contribution in [3.8, 4) is 11.5 Å². The predicted molar refractivity (Wildman–Crippen MR) is 122 cm³/mol. The van der Waals surface area contributed by atoms with Gasteiger partial charge in [-0.05, 0) is 25.0 Å². The van der Waals surface area contributed by atoms with Crippen LogP contribution in [0.5, 0.6) is 0 Å². The summed E-state index contributed by atoms with van der Waals surface area (Å²) in [6, 6.07) is 8.59. The van der Waals surface area contributed by atoms with Crippen molar-refractivity contribution in [3.05, 3.63) is 29.6 Å². The number of thiazole rings is 1. The van der Waals surface area contributed by atoms with Gasteiger partial charge in [-0.2, -0.15) is 0 Å². The summed E-state index contributed by atoms with van der Waals surface area (Å²) in [5.41, 5.74) is 9.31. The molecule has 1 aliphatic carbocycles. The van der Waals surface area contributed by atoms with Crippen molar-refractivity contribution in [3.63, 3.8) is 0 Å². The number of fused-ring (bicyclic) bond motifs is 1. The Bertz CT molecular complexity index is 1060. The lowest BCUT2D eigenvalue weighted by Gasteiger charge is -2.23. The molecule has 2 aromatic heterocycles. The van der Waals surface area contributed by atoms with E-state index in [1.807, 2.05) is 30.6 Å². The summed E-state index contributed by atoms with van der Waals surface area (Å²) < 4.78 is 2.07. The molecular weight excluding hydrogens is 402 g/mol. The molecule has 1 aromatic carbocycles. The molecule has 0 spiro atoms. The van der Waals surface area contributed by atoms with Crippen LogP contribution < -0.4 is 10.9 Å². The fraction of sp³-hybridized carbons (Fsp3) is 0.400. The van der Waals surface area contributed by atoms with E-state index in [-0.39, 0.29) is 0 Å². The van der Waals surface area contributed by atoms with Crippen molar-refractivity contribution >= 4 is 50.3 Å². The van der Waals surface area contributed by atoms with E-state index in [0.29, 0.717) is 6.04 Å². The molecule has 0 atom stereocenters. The van der Waals surface area contributed by atoms with Crippen LogP contribution in [0.3, 0.4) is 0 Å². The Morgan fingerprint density at radius 1 is 1.10 bits per heavy atom. The molecular formula is C20H23N7S2. The van der Waals surface area contributed by atoms with E-state index in [0.717, 1.165) is 44.4 Å². The Kier molecular flexibility index (Phi) is 5.24. The fourth-order valence-corrected chi connectivity index (χ4v) is 5.19. The van der Waals surface area contributed by atoms with Gasteiger partial charge in [0.1, 0.15) is 11.5 Å². The molecule has 2 N–H and O–H groups in total. The molecule has 1 aliphatic heterocycles. The van der Waals surface area contributed by atoms with Crippen LogP contribution in [0, 0.1) is 0 Å². The third kappa shape index (κ3) is 4.02. The van der Waals surface area contributed by atoms with Crippen LogP contribution in [0.4, 0.5) is 5.13 Å². The Labute approximate surface area is 177 Å². The molecule has 29 heavy (non-hydrogen) atoms. The summed E-state index contributed by atoms with van der Waals surface area (Å²) in [4.78, 5) is 18.9. The van der Waals surface area contributed by atoms with E-state index in [2.05, 4.69) is 31.5 Å². The van der Waals surface area contributed by atoms with Crippen molar-refractivity contribution in [2.24, 2.45) is 17.0 Å². The van der Waals surface area contributed by atoms with Gasteiger partial charge in [0.15, 0.2) is 11.0 Å². The average Bonchev–Trinajstić information content (AvgIpc) is 3.35. The number of aryl methyl sites for hydroxylation is 1. The van der Waals surface area contributed by atoms with E-state index in [9.17, 15) is 0 Å². The number of imidazole rings is 1. The smallest absolute Gasteiger partial charge is 0.211 e. The summed E-state index contributed by atoms with van der Waals surface area (Å²) in [5, 5.41) is 3.71. The summed E-state index contributed by atoms with van der Waals surface area (Å²) in [6.45, 7) is 0. The number of nitrogens with zero attached hydrogens (tertiary/aromatic N) is 5. The van der Waals surface area contributed by atoms with Gasteiger partial charge in [-0.1, -0.05) is 43.2 Å². The molecule has 5 rings (SSSR count). The van der Waals surface area contributed by atoms with Gasteiger partial charge in [0.05, 0.1) is 22.8 Å². The van der Waals surface area contributed by atoms with Crippen molar-refractivity contribution in [1.82, 2.24) is 25.4 Å². The summed E-state index contributed by atoms with van der Waals surface area (Å²) in [6.07, 6.45) is 6.35. The molecule has 2 fully saturated rings. The Balaban J connectivity index is 1.28. The minimum Gasteiger partial charge on any atom is -0.326 e. The van der Waals surface area contributed by atoms with Gasteiger partial charge in [-0.15, -0.1) is 11.3 Å². The van der Waals surface area contributed by atoms with Crippen molar-refractivity contribution in [2.45, 2.75) is 38.1 Å². The molecule has 2 aliphatic rings. The molecule has 1 saturated carbocycles. The van der Waals surface area contributed by atoms with Crippen LogP contribution in [0.15, 0.2) is 39.6 Å². The second-order valence-electron chi connectivity index (χ2n) is 7.32. The van der Waals surface area contributed by atoms with Gasteiger partial charge >= 0.3 is 0 Å². The van der Waals surface area contributed by atoms with E-state index in [4.69, 9.17) is 9.98 Å². The van der Waals surface area contributed by atoms with Gasteiger partial charge in [-0.3, -0.25) is 15.8 Å².